The van der Waals surface area contributed by atoms with Crippen molar-refractivity contribution in [2.75, 3.05) is 7.11 Å². The predicted molar refractivity (Wildman–Crippen MR) is 91.3 cm³/mol. The monoisotopic (exact) mass is 309 g/mol. The van der Waals surface area contributed by atoms with Crippen LogP contribution in [0.1, 0.15) is 26.3 Å². The van der Waals surface area contributed by atoms with E-state index in [1.165, 1.54) is 0 Å². The normalized spacial score (nSPS) is 11.7. The Labute approximate surface area is 134 Å². The van der Waals surface area contributed by atoms with E-state index in [9.17, 15) is 4.91 Å². The zero-order valence-electron chi connectivity index (χ0n) is 13.7. The molecule has 23 heavy (non-hydrogen) atoms. The van der Waals surface area contributed by atoms with Gasteiger partial charge >= 0.3 is 0 Å². The lowest BCUT2D eigenvalue weighted by atomic mass is 9.85. The Hall–Kier alpha value is -2.69. The Balaban J connectivity index is 2.31. The smallest absolute Gasteiger partial charge is 0.209 e. The van der Waals surface area contributed by atoms with Gasteiger partial charge in [0.05, 0.1) is 7.11 Å². The fourth-order valence-corrected chi connectivity index (χ4v) is 2.61. The SMILES string of the molecule is COc1ccc(C(C)(C)C)cc1-c1nc2ccccn2c1N=O. The highest BCUT2D eigenvalue weighted by atomic mass is 16.5. The van der Waals surface area contributed by atoms with Crippen molar-refractivity contribution in [3.63, 3.8) is 0 Å². The molecule has 118 valence electrons. The summed E-state index contributed by atoms with van der Waals surface area (Å²) in [4.78, 5) is 16.0. The van der Waals surface area contributed by atoms with E-state index in [1.807, 2.05) is 36.4 Å². The Morgan fingerprint density at radius 3 is 2.61 bits per heavy atom. The molecule has 0 aliphatic heterocycles. The molecule has 0 aliphatic carbocycles. The molecule has 5 heteroatoms. The van der Waals surface area contributed by atoms with E-state index >= 15 is 0 Å². The van der Waals surface area contributed by atoms with Crippen LogP contribution in [0.2, 0.25) is 0 Å². The van der Waals surface area contributed by atoms with Crippen molar-refractivity contribution in [2.24, 2.45) is 5.18 Å². The van der Waals surface area contributed by atoms with Crippen LogP contribution in [0.3, 0.4) is 0 Å². The average molecular weight is 309 g/mol. The van der Waals surface area contributed by atoms with Crippen molar-refractivity contribution in [2.45, 2.75) is 26.2 Å². The molecule has 5 nitrogen and oxygen atoms in total. The first kappa shape index (κ1) is 15.2. The van der Waals surface area contributed by atoms with Crippen LogP contribution >= 0.6 is 0 Å². The third-order valence-corrected chi connectivity index (χ3v) is 3.91. The molecule has 0 unspecified atom stereocenters. The van der Waals surface area contributed by atoms with Crippen molar-refractivity contribution in [1.82, 2.24) is 9.38 Å². The summed E-state index contributed by atoms with van der Waals surface area (Å²) in [7, 11) is 1.61. The molecule has 0 amide bonds. The second kappa shape index (κ2) is 5.50. The number of imidazole rings is 1. The molecule has 3 rings (SSSR count). The van der Waals surface area contributed by atoms with Crippen LogP contribution in [0, 0.1) is 4.91 Å². The van der Waals surface area contributed by atoms with Gasteiger partial charge < -0.3 is 4.74 Å². The van der Waals surface area contributed by atoms with E-state index in [-0.39, 0.29) is 11.2 Å². The van der Waals surface area contributed by atoms with Crippen molar-refractivity contribution in [3.05, 3.63) is 53.1 Å². The molecule has 0 saturated carbocycles. The van der Waals surface area contributed by atoms with Crippen LogP contribution < -0.4 is 4.74 Å². The van der Waals surface area contributed by atoms with Crippen molar-refractivity contribution >= 4 is 11.5 Å². The van der Waals surface area contributed by atoms with Gasteiger partial charge in [0.2, 0.25) is 5.82 Å². The number of benzene rings is 1. The summed E-state index contributed by atoms with van der Waals surface area (Å²) in [5, 5.41) is 3.20. The minimum Gasteiger partial charge on any atom is -0.496 e. The topological polar surface area (TPSA) is 56.0 Å². The number of hydrogen-bond acceptors (Lipinski definition) is 4. The van der Waals surface area contributed by atoms with Crippen LogP contribution in [-0.2, 0) is 5.41 Å². The van der Waals surface area contributed by atoms with Crippen LogP contribution in [0.5, 0.6) is 5.75 Å². The number of nitrogens with zero attached hydrogens (tertiary/aromatic N) is 3. The molecule has 0 atom stereocenters. The molecule has 0 bridgehead atoms. The summed E-state index contributed by atoms with van der Waals surface area (Å²) in [5.41, 5.74) is 3.12. The molecule has 0 spiro atoms. The van der Waals surface area contributed by atoms with Crippen molar-refractivity contribution < 1.29 is 4.74 Å². The lowest BCUT2D eigenvalue weighted by Crippen LogP contribution is -2.11. The Bertz CT molecular complexity index is 876. The third-order valence-electron chi connectivity index (χ3n) is 3.91. The fourth-order valence-electron chi connectivity index (χ4n) is 2.61. The molecule has 3 aromatic rings. The molecule has 2 aromatic heterocycles. The van der Waals surface area contributed by atoms with E-state index in [0.29, 0.717) is 17.1 Å². The first-order chi connectivity index (χ1) is 11.0. The average Bonchev–Trinajstić information content (AvgIpc) is 2.91. The summed E-state index contributed by atoms with van der Waals surface area (Å²) in [6, 6.07) is 11.5. The molecule has 1 aromatic carbocycles. The number of aromatic nitrogens is 2. The molecule has 0 radical (unpaired) electrons. The van der Waals surface area contributed by atoms with E-state index in [0.717, 1.165) is 11.1 Å². The van der Waals surface area contributed by atoms with E-state index < -0.39 is 0 Å². The second-order valence-corrected chi connectivity index (χ2v) is 6.47. The Morgan fingerprint density at radius 2 is 1.96 bits per heavy atom. The van der Waals surface area contributed by atoms with Crippen LogP contribution in [0.4, 0.5) is 5.82 Å². The van der Waals surface area contributed by atoms with Gasteiger partial charge in [-0.05, 0) is 40.4 Å². The van der Waals surface area contributed by atoms with E-state index in [1.54, 1.807) is 17.7 Å². The largest absolute Gasteiger partial charge is 0.496 e. The summed E-state index contributed by atoms with van der Waals surface area (Å²) in [6.45, 7) is 6.42. The fraction of sp³-hybridized carbons (Fsp3) is 0.278. The lowest BCUT2D eigenvalue weighted by Gasteiger charge is -2.20. The first-order valence-electron chi connectivity index (χ1n) is 7.45. The number of methoxy groups -OCH3 is 1. The second-order valence-electron chi connectivity index (χ2n) is 6.47. The summed E-state index contributed by atoms with van der Waals surface area (Å²) in [5.74, 6) is 0.955. The van der Waals surface area contributed by atoms with Gasteiger partial charge in [0.1, 0.15) is 17.1 Å². The summed E-state index contributed by atoms with van der Waals surface area (Å²) in [6.07, 6.45) is 1.78. The minimum atomic E-state index is -0.0189. The molecule has 0 fully saturated rings. The molecular weight excluding hydrogens is 290 g/mol. The predicted octanol–water partition coefficient (Wildman–Crippen LogP) is 4.71. The number of pyridine rings is 1. The maximum atomic E-state index is 11.4. The molecule has 2 heterocycles. The van der Waals surface area contributed by atoms with Gasteiger partial charge in [-0.25, -0.2) is 4.98 Å². The van der Waals surface area contributed by atoms with Gasteiger partial charge in [-0.3, -0.25) is 4.40 Å². The minimum absolute atomic E-state index is 0.0189. The van der Waals surface area contributed by atoms with Crippen LogP contribution in [-0.4, -0.2) is 16.5 Å². The first-order valence-corrected chi connectivity index (χ1v) is 7.45. The van der Waals surface area contributed by atoms with Gasteiger partial charge in [-0.15, -0.1) is 4.91 Å². The van der Waals surface area contributed by atoms with E-state index in [4.69, 9.17) is 4.74 Å². The molecule has 0 saturated heterocycles. The van der Waals surface area contributed by atoms with Gasteiger partial charge in [0.25, 0.3) is 0 Å². The maximum Gasteiger partial charge on any atom is 0.209 e. The number of fused-ring (bicyclic) bond motifs is 1. The number of nitroso groups, excluding NO2 is 1. The zero-order valence-corrected chi connectivity index (χ0v) is 13.7. The Kier molecular flexibility index (Phi) is 3.64. The van der Waals surface area contributed by atoms with Crippen LogP contribution in [0.15, 0.2) is 47.8 Å². The van der Waals surface area contributed by atoms with Crippen molar-refractivity contribution in [3.8, 4) is 17.0 Å². The maximum absolute atomic E-state index is 11.4. The molecular formula is C18H19N3O2. The molecule has 0 aliphatic rings. The zero-order chi connectivity index (χ0) is 16.6. The van der Waals surface area contributed by atoms with Gasteiger partial charge in [0.15, 0.2) is 0 Å². The van der Waals surface area contributed by atoms with Crippen LogP contribution in [0.25, 0.3) is 16.9 Å². The van der Waals surface area contributed by atoms with Gasteiger partial charge in [-0.2, -0.15) is 0 Å². The number of ether oxygens (including phenoxy) is 1. The molecule has 0 N–H and O–H groups in total. The third kappa shape index (κ3) is 2.59. The van der Waals surface area contributed by atoms with Gasteiger partial charge in [-0.1, -0.05) is 32.9 Å². The van der Waals surface area contributed by atoms with E-state index in [2.05, 4.69) is 30.9 Å². The Morgan fingerprint density at radius 1 is 1.17 bits per heavy atom. The van der Waals surface area contributed by atoms with Gasteiger partial charge in [0, 0.05) is 11.8 Å². The highest BCUT2D eigenvalue weighted by Gasteiger charge is 2.21. The number of rotatable bonds is 3. The highest BCUT2D eigenvalue weighted by molar-refractivity contribution is 5.79. The lowest BCUT2D eigenvalue weighted by molar-refractivity contribution is 0.416. The standard InChI is InChI=1S/C18H19N3O2/c1-18(2,3)12-8-9-14(23-4)13(11-12)16-17(20-22)21-10-6-5-7-15(21)19-16/h5-11H,1-4H3. The number of hydrogen-bond donors (Lipinski definition) is 0. The summed E-state index contributed by atoms with van der Waals surface area (Å²) < 4.78 is 7.16. The van der Waals surface area contributed by atoms with Crippen molar-refractivity contribution in [1.29, 1.82) is 0 Å². The quantitative estimate of drug-likeness (QED) is 0.659. The summed E-state index contributed by atoms with van der Waals surface area (Å²) >= 11 is 0. The highest BCUT2D eigenvalue weighted by Crippen LogP contribution is 2.39.